The van der Waals surface area contributed by atoms with Crippen molar-refractivity contribution in [3.63, 3.8) is 0 Å². The van der Waals surface area contributed by atoms with Crippen molar-refractivity contribution in [2.45, 2.75) is 6.04 Å². The van der Waals surface area contributed by atoms with Gasteiger partial charge in [-0.25, -0.2) is 13.8 Å². The van der Waals surface area contributed by atoms with Gasteiger partial charge in [0.05, 0.1) is 0 Å². The van der Waals surface area contributed by atoms with Gasteiger partial charge in [-0.2, -0.15) is 4.57 Å². The Bertz CT molecular complexity index is 1250. The van der Waals surface area contributed by atoms with Crippen LogP contribution in [0.2, 0.25) is 5.02 Å². The van der Waals surface area contributed by atoms with Gasteiger partial charge in [-0.15, -0.1) is 0 Å². The maximum atomic E-state index is 14.8. The molecule has 9 heteroatoms. The number of hydrogen-bond donors (Lipinski definition) is 0. The lowest BCUT2D eigenvalue weighted by molar-refractivity contribution is -0.676. The van der Waals surface area contributed by atoms with Crippen LogP contribution in [0.4, 0.5) is 15.1 Å². The molecule has 1 saturated heterocycles. The predicted molar refractivity (Wildman–Crippen MR) is 108 cm³/mol. The molecule has 0 bridgehead atoms. The van der Waals surface area contributed by atoms with Crippen LogP contribution in [0.5, 0.6) is 0 Å². The Labute approximate surface area is 176 Å². The third kappa shape index (κ3) is 2.50. The van der Waals surface area contributed by atoms with Crippen LogP contribution < -0.4 is 4.57 Å². The normalized spacial score (nSPS) is 17.9. The van der Waals surface area contributed by atoms with E-state index in [0.29, 0.717) is 22.5 Å². The van der Waals surface area contributed by atoms with Crippen LogP contribution in [0.1, 0.15) is 6.04 Å². The molecule has 1 atom stereocenters. The van der Waals surface area contributed by atoms with Gasteiger partial charge in [0.15, 0.2) is 5.82 Å². The Balaban J connectivity index is 1.80. The number of aliphatic imine (C=N–C) groups is 1. The molecule has 7 nitrogen and oxygen atoms in total. The largest absolute Gasteiger partial charge is 0.407 e. The molecule has 2 aliphatic heterocycles. The number of amidine groups is 1. The van der Waals surface area contributed by atoms with E-state index < -0.39 is 23.8 Å². The molecule has 0 aliphatic carbocycles. The van der Waals surface area contributed by atoms with Crippen molar-refractivity contribution >= 4 is 35.3 Å². The van der Waals surface area contributed by atoms with Gasteiger partial charge >= 0.3 is 12.0 Å². The zero-order valence-corrected chi connectivity index (χ0v) is 16.8. The number of amides is 3. The summed E-state index contributed by atoms with van der Waals surface area (Å²) < 4.78 is 18.1. The minimum atomic E-state index is -0.799. The molecule has 0 N–H and O–H groups in total. The highest BCUT2D eigenvalue weighted by atomic mass is 35.5. The summed E-state index contributed by atoms with van der Waals surface area (Å²) in [7, 11) is 3.00. The highest BCUT2D eigenvalue weighted by Gasteiger charge is 2.52. The van der Waals surface area contributed by atoms with Crippen molar-refractivity contribution < 1.29 is 18.5 Å². The van der Waals surface area contributed by atoms with Gasteiger partial charge in [0.25, 0.3) is 5.91 Å². The van der Waals surface area contributed by atoms with Crippen molar-refractivity contribution in [1.29, 1.82) is 0 Å². The number of benzene rings is 2. The van der Waals surface area contributed by atoms with Gasteiger partial charge in [-0.05, 0) is 36.4 Å². The van der Waals surface area contributed by atoms with Gasteiger partial charge in [-0.3, -0.25) is 14.6 Å². The number of carbonyl (C=O) groups is 2. The predicted octanol–water partition coefficient (Wildman–Crippen LogP) is 3.33. The average molecular weight is 425 g/mol. The second-order valence-corrected chi connectivity index (χ2v) is 7.56. The lowest BCUT2D eigenvalue weighted by atomic mass is 10.1. The summed E-state index contributed by atoms with van der Waals surface area (Å²) in [6.07, 6.45) is 1.75. The maximum absolute atomic E-state index is 14.8. The summed E-state index contributed by atoms with van der Waals surface area (Å²) in [5.74, 6) is -0.164. The van der Waals surface area contributed by atoms with Crippen molar-refractivity contribution in [1.82, 2.24) is 14.4 Å². The molecule has 0 saturated carbocycles. The number of imidazole rings is 1. The summed E-state index contributed by atoms with van der Waals surface area (Å²) in [5, 5.41) is 0.576. The van der Waals surface area contributed by atoms with Gasteiger partial charge in [-0.1, -0.05) is 28.7 Å². The highest BCUT2D eigenvalue weighted by molar-refractivity contribution is 6.30. The summed E-state index contributed by atoms with van der Waals surface area (Å²) in [5.41, 5.74) is 1.71. The molecule has 3 heterocycles. The van der Waals surface area contributed by atoms with Crippen LogP contribution in [0.3, 0.4) is 0 Å². The number of para-hydroxylation sites is 1. The Morgan fingerprint density at radius 3 is 2.43 bits per heavy atom. The third-order valence-electron chi connectivity index (χ3n) is 5.39. The SMILES string of the molecule is CN1C(=O)C2C(=Nc3n(-c4ccccc4F)c(-c4ccc(Cl)cc4)c[n+]32)N(C)C1=O. The first kappa shape index (κ1) is 18.5. The summed E-state index contributed by atoms with van der Waals surface area (Å²) in [4.78, 5) is 32.2. The van der Waals surface area contributed by atoms with E-state index in [-0.39, 0.29) is 5.69 Å². The van der Waals surface area contributed by atoms with E-state index in [9.17, 15) is 14.0 Å². The fourth-order valence-electron chi connectivity index (χ4n) is 3.84. The molecule has 1 unspecified atom stereocenters. The molecule has 0 spiro atoms. The lowest BCUT2D eigenvalue weighted by Crippen LogP contribution is -2.61. The lowest BCUT2D eigenvalue weighted by Gasteiger charge is -2.30. The molecule has 0 radical (unpaired) electrons. The number of fused-ring (bicyclic) bond motifs is 3. The quantitative estimate of drug-likeness (QED) is 0.592. The average Bonchev–Trinajstić information content (AvgIpc) is 3.28. The second-order valence-electron chi connectivity index (χ2n) is 7.13. The first-order valence-electron chi connectivity index (χ1n) is 9.20. The first-order valence-corrected chi connectivity index (χ1v) is 9.58. The fourth-order valence-corrected chi connectivity index (χ4v) is 3.97. The number of imide groups is 1. The molecule has 2 aromatic carbocycles. The molecular weight excluding hydrogens is 409 g/mol. The molecular formula is C21H16ClFN5O2+. The molecule has 1 fully saturated rings. The first-order chi connectivity index (χ1) is 14.4. The van der Waals surface area contributed by atoms with Crippen molar-refractivity contribution in [2.24, 2.45) is 4.99 Å². The smallest absolute Gasteiger partial charge is 0.270 e. The minimum absolute atomic E-state index is 0.286. The van der Waals surface area contributed by atoms with Crippen LogP contribution in [0, 0.1) is 5.82 Å². The zero-order chi connectivity index (χ0) is 21.2. The Morgan fingerprint density at radius 2 is 1.73 bits per heavy atom. The molecule has 1 aromatic heterocycles. The monoisotopic (exact) mass is 424 g/mol. The topological polar surface area (TPSA) is 61.8 Å². The highest BCUT2D eigenvalue weighted by Crippen LogP contribution is 2.35. The number of halogens is 2. The van der Waals surface area contributed by atoms with Crippen LogP contribution in [-0.4, -0.2) is 46.2 Å². The summed E-state index contributed by atoms with van der Waals surface area (Å²) >= 11 is 6.03. The second kappa shape index (κ2) is 6.50. The van der Waals surface area contributed by atoms with Gasteiger partial charge < -0.3 is 0 Å². The number of rotatable bonds is 2. The van der Waals surface area contributed by atoms with E-state index in [1.165, 1.54) is 18.0 Å². The van der Waals surface area contributed by atoms with E-state index in [1.807, 2.05) is 12.1 Å². The van der Waals surface area contributed by atoms with Crippen molar-refractivity contribution in [2.75, 3.05) is 14.1 Å². The number of aromatic nitrogens is 2. The van der Waals surface area contributed by atoms with E-state index in [2.05, 4.69) is 4.99 Å². The number of nitrogens with zero attached hydrogens (tertiary/aromatic N) is 5. The molecule has 30 heavy (non-hydrogen) atoms. The van der Waals surface area contributed by atoms with Gasteiger partial charge in [0, 0.05) is 24.7 Å². The molecule has 3 amide bonds. The third-order valence-corrected chi connectivity index (χ3v) is 5.64. The Morgan fingerprint density at radius 1 is 1.03 bits per heavy atom. The van der Waals surface area contributed by atoms with Crippen LogP contribution >= 0.6 is 11.6 Å². The summed E-state index contributed by atoms with van der Waals surface area (Å²) in [6.45, 7) is 0. The molecule has 5 rings (SSSR count). The van der Waals surface area contributed by atoms with Crippen LogP contribution in [-0.2, 0) is 4.79 Å². The number of urea groups is 1. The zero-order valence-electron chi connectivity index (χ0n) is 16.1. The number of carbonyl (C=O) groups excluding carboxylic acids is 2. The Hall–Kier alpha value is -3.52. The molecule has 2 aliphatic rings. The minimum Gasteiger partial charge on any atom is -0.270 e. The van der Waals surface area contributed by atoms with E-state index in [1.54, 1.807) is 52.7 Å². The number of likely N-dealkylation sites (N-methyl/N-ethyl adjacent to an activating group) is 2. The maximum Gasteiger partial charge on any atom is 0.407 e. The standard InChI is InChI=1S/C21H16ClFN5O2/c1-25-18-17(19(29)26(2)21(25)30)27-11-16(12-7-9-13(22)10-8-12)28(20(27)24-18)15-6-4-3-5-14(15)23/h3-11,17H,1-2H3/q+1. The van der Waals surface area contributed by atoms with Crippen molar-refractivity contribution in [3.05, 3.63) is 65.6 Å². The molecule has 150 valence electrons. The molecule has 3 aromatic rings. The summed E-state index contributed by atoms with van der Waals surface area (Å²) in [6, 6.07) is 12.2. The van der Waals surface area contributed by atoms with E-state index in [0.717, 1.165) is 10.5 Å². The van der Waals surface area contributed by atoms with Crippen LogP contribution in [0.25, 0.3) is 16.9 Å². The fraction of sp³-hybridized carbons (Fsp3) is 0.143. The van der Waals surface area contributed by atoms with E-state index >= 15 is 0 Å². The van der Waals surface area contributed by atoms with Crippen LogP contribution in [0.15, 0.2) is 59.7 Å². The van der Waals surface area contributed by atoms with Gasteiger partial charge in [0.1, 0.15) is 17.6 Å². The van der Waals surface area contributed by atoms with Crippen molar-refractivity contribution in [3.8, 4) is 16.9 Å². The number of hydrogen-bond acceptors (Lipinski definition) is 3. The van der Waals surface area contributed by atoms with Gasteiger partial charge in [0.2, 0.25) is 11.9 Å². The Kier molecular flexibility index (Phi) is 4.01. The van der Waals surface area contributed by atoms with E-state index in [4.69, 9.17) is 11.6 Å².